The normalized spacial score (nSPS) is 11.8. The number of hydrogen-bond donors (Lipinski definition) is 3. The third kappa shape index (κ3) is 11.8. The number of rotatable bonds is 8. The molecule has 0 amide bonds. The first kappa shape index (κ1) is 12.8. The smallest absolute Gasteiger partial charge is 0.264 e. The molecule has 0 atom stereocenters. The molecule has 0 bridgehead atoms. The van der Waals surface area contributed by atoms with E-state index in [4.69, 9.17) is 4.55 Å². The zero-order valence-corrected chi connectivity index (χ0v) is 8.73. The van der Waals surface area contributed by atoms with Crippen LogP contribution in [-0.4, -0.2) is 38.5 Å². The van der Waals surface area contributed by atoms with E-state index in [-0.39, 0.29) is 5.75 Å². The van der Waals surface area contributed by atoms with Gasteiger partial charge in [-0.2, -0.15) is 8.42 Å². The molecule has 3 N–H and O–H groups in total. The van der Waals surface area contributed by atoms with Crippen molar-refractivity contribution in [2.24, 2.45) is 0 Å². The third-order valence-electron chi connectivity index (χ3n) is 1.43. The Morgan fingerprint density at radius 3 is 2.38 bits per heavy atom. The number of hydrogen-bond acceptors (Lipinski definition) is 4. The van der Waals surface area contributed by atoms with E-state index in [1.165, 1.54) is 0 Å². The first-order valence-corrected chi connectivity index (χ1v) is 6.04. The highest BCUT2D eigenvalue weighted by Gasteiger charge is 2.01. The maximum Gasteiger partial charge on any atom is 0.264 e. The van der Waals surface area contributed by atoms with Crippen LogP contribution in [-0.2, 0) is 10.1 Å². The highest BCUT2D eigenvalue weighted by molar-refractivity contribution is 7.85. The van der Waals surface area contributed by atoms with Gasteiger partial charge in [0.2, 0.25) is 0 Å². The topological polar surface area (TPSA) is 78.4 Å². The van der Waals surface area contributed by atoms with Gasteiger partial charge in [-0.1, -0.05) is 6.92 Å². The summed E-state index contributed by atoms with van der Waals surface area (Å²) in [5.41, 5.74) is 0. The van der Waals surface area contributed by atoms with E-state index in [2.05, 4.69) is 17.6 Å². The Kier molecular flexibility index (Phi) is 7.16. The van der Waals surface area contributed by atoms with Crippen LogP contribution in [0.25, 0.3) is 0 Å². The summed E-state index contributed by atoms with van der Waals surface area (Å²) in [6.07, 6.45) is 1.51. The second kappa shape index (κ2) is 7.25. The molecule has 0 saturated carbocycles. The zero-order valence-electron chi connectivity index (χ0n) is 7.91. The van der Waals surface area contributed by atoms with Crippen LogP contribution in [0.1, 0.15) is 19.8 Å². The molecule has 0 aliphatic rings. The molecular formula is C7H18N2O3S. The molecule has 0 aromatic heterocycles. The molecule has 0 rings (SSSR count). The fourth-order valence-electron chi connectivity index (χ4n) is 0.822. The lowest BCUT2D eigenvalue weighted by atomic mass is 10.5. The summed E-state index contributed by atoms with van der Waals surface area (Å²) in [6, 6.07) is 0. The van der Waals surface area contributed by atoms with E-state index in [0.29, 0.717) is 19.6 Å². The van der Waals surface area contributed by atoms with E-state index in [0.717, 1.165) is 13.0 Å². The Balaban J connectivity index is 3.09. The van der Waals surface area contributed by atoms with Crippen LogP contribution in [0.15, 0.2) is 0 Å². The summed E-state index contributed by atoms with van der Waals surface area (Å²) in [7, 11) is -3.78. The van der Waals surface area contributed by atoms with E-state index in [9.17, 15) is 8.42 Å². The summed E-state index contributed by atoms with van der Waals surface area (Å²) in [4.78, 5) is 0. The van der Waals surface area contributed by atoms with Crippen molar-refractivity contribution < 1.29 is 13.0 Å². The van der Waals surface area contributed by atoms with Crippen LogP contribution < -0.4 is 10.6 Å². The van der Waals surface area contributed by atoms with Gasteiger partial charge in [-0.15, -0.1) is 0 Å². The van der Waals surface area contributed by atoms with Crippen molar-refractivity contribution in [3.8, 4) is 0 Å². The molecule has 13 heavy (non-hydrogen) atoms. The standard InChI is InChI=1S/C7H18N2O3S/c1-2-4-8-7-9-5-3-6-13(10,11)12/h8-9H,2-7H2,1H3,(H,10,11,12). The van der Waals surface area contributed by atoms with Crippen LogP contribution >= 0.6 is 0 Å². The first-order valence-electron chi connectivity index (χ1n) is 4.43. The summed E-state index contributed by atoms with van der Waals surface area (Å²) >= 11 is 0. The molecule has 80 valence electrons. The molecule has 5 nitrogen and oxygen atoms in total. The summed E-state index contributed by atoms with van der Waals surface area (Å²) in [5, 5.41) is 6.12. The van der Waals surface area contributed by atoms with Crippen LogP contribution in [0.5, 0.6) is 0 Å². The zero-order chi connectivity index (χ0) is 10.2. The van der Waals surface area contributed by atoms with Gasteiger partial charge in [0.15, 0.2) is 0 Å². The van der Waals surface area contributed by atoms with Gasteiger partial charge in [-0.25, -0.2) is 0 Å². The Labute approximate surface area is 79.7 Å². The van der Waals surface area contributed by atoms with Crippen LogP contribution in [0.4, 0.5) is 0 Å². The predicted molar refractivity (Wildman–Crippen MR) is 52.2 cm³/mol. The maximum absolute atomic E-state index is 10.3. The SMILES string of the molecule is CCCNCNCCCS(=O)(=O)O. The fourth-order valence-corrected chi connectivity index (χ4v) is 1.33. The first-order chi connectivity index (χ1) is 6.06. The molecule has 0 aromatic carbocycles. The Morgan fingerprint density at radius 1 is 1.23 bits per heavy atom. The Bertz CT molecular complexity index is 204. The van der Waals surface area contributed by atoms with Crippen LogP contribution in [0.2, 0.25) is 0 Å². The van der Waals surface area contributed by atoms with E-state index in [1.54, 1.807) is 0 Å². The van der Waals surface area contributed by atoms with Gasteiger partial charge in [0, 0.05) is 6.67 Å². The molecule has 0 aromatic rings. The monoisotopic (exact) mass is 210 g/mol. The lowest BCUT2D eigenvalue weighted by Gasteiger charge is -2.04. The van der Waals surface area contributed by atoms with E-state index < -0.39 is 10.1 Å². The lowest BCUT2D eigenvalue weighted by molar-refractivity contribution is 0.478. The van der Waals surface area contributed by atoms with Crippen LogP contribution in [0.3, 0.4) is 0 Å². The average molecular weight is 210 g/mol. The van der Waals surface area contributed by atoms with E-state index >= 15 is 0 Å². The van der Waals surface area contributed by atoms with Gasteiger partial charge in [0.1, 0.15) is 0 Å². The van der Waals surface area contributed by atoms with Gasteiger partial charge >= 0.3 is 0 Å². The minimum absolute atomic E-state index is 0.173. The molecule has 0 aliphatic heterocycles. The van der Waals surface area contributed by atoms with Gasteiger partial charge in [0.05, 0.1) is 5.75 Å². The molecular weight excluding hydrogens is 192 g/mol. The molecule has 0 spiro atoms. The molecule has 0 fully saturated rings. The van der Waals surface area contributed by atoms with Gasteiger partial charge in [-0.3, -0.25) is 4.55 Å². The predicted octanol–water partition coefficient (Wildman–Crippen LogP) is -0.189. The second-order valence-electron chi connectivity index (χ2n) is 2.82. The van der Waals surface area contributed by atoms with Crippen molar-refractivity contribution in [1.82, 2.24) is 10.6 Å². The average Bonchev–Trinajstić information content (AvgIpc) is 2.01. The molecule has 0 radical (unpaired) electrons. The Hall–Kier alpha value is -0.170. The molecule has 6 heteroatoms. The van der Waals surface area contributed by atoms with E-state index in [1.807, 2.05) is 0 Å². The summed E-state index contributed by atoms with van der Waals surface area (Å²) in [5.74, 6) is -0.173. The van der Waals surface area contributed by atoms with Crippen LogP contribution in [0, 0.1) is 0 Å². The molecule has 0 aliphatic carbocycles. The van der Waals surface area contributed by atoms with Crippen molar-refractivity contribution in [3.05, 3.63) is 0 Å². The van der Waals surface area contributed by atoms with Crippen molar-refractivity contribution in [1.29, 1.82) is 0 Å². The van der Waals surface area contributed by atoms with Crippen molar-refractivity contribution in [2.75, 3.05) is 25.5 Å². The van der Waals surface area contributed by atoms with Crippen molar-refractivity contribution >= 4 is 10.1 Å². The summed E-state index contributed by atoms with van der Waals surface area (Å²) < 4.78 is 28.9. The van der Waals surface area contributed by atoms with Crippen molar-refractivity contribution in [3.63, 3.8) is 0 Å². The largest absolute Gasteiger partial charge is 0.305 e. The minimum Gasteiger partial charge on any atom is -0.305 e. The second-order valence-corrected chi connectivity index (χ2v) is 4.39. The molecule has 0 saturated heterocycles. The van der Waals surface area contributed by atoms with Crippen molar-refractivity contribution in [2.45, 2.75) is 19.8 Å². The highest BCUT2D eigenvalue weighted by atomic mass is 32.2. The lowest BCUT2D eigenvalue weighted by Crippen LogP contribution is -2.30. The molecule has 0 unspecified atom stereocenters. The minimum atomic E-state index is -3.78. The maximum atomic E-state index is 10.3. The Morgan fingerprint density at radius 2 is 1.85 bits per heavy atom. The third-order valence-corrected chi connectivity index (χ3v) is 2.24. The van der Waals surface area contributed by atoms with Gasteiger partial charge in [-0.05, 0) is 25.9 Å². The highest BCUT2D eigenvalue weighted by Crippen LogP contribution is 1.85. The van der Waals surface area contributed by atoms with Gasteiger partial charge in [0.25, 0.3) is 10.1 Å². The van der Waals surface area contributed by atoms with Gasteiger partial charge < -0.3 is 10.6 Å². The molecule has 0 heterocycles. The fraction of sp³-hybridized carbons (Fsp3) is 1.00. The summed E-state index contributed by atoms with van der Waals surface area (Å²) in [6.45, 7) is 4.30. The quantitative estimate of drug-likeness (QED) is 0.294. The number of nitrogens with one attached hydrogen (secondary N) is 2.